The molecule has 0 unspecified atom stereocenters. The molecule has 3 rings (SSSR count). The molecule has 2 heterocycles. The minimum atomic E-state index is -3.82. The molecule has 0 spiro atoms. The van der Waals surface area contributed by atoms with Gasteiger partial charge >= 0.3 is 0 Å². The molecule has 0 amide bonds. The van der Waals surface area contributed by atoms with E-state index in [1.165, 1.54) is 17.7 Å². The van der Waals surface area contributed by atoms with Crippen molar-refractivity contribution in [2.75, 3.05) is 18.9 Å². The van der Waals surface area contributed by atoms with E-state index in [-0.39, 0.29) is 0 Å². The summed E-state index contributed by atoms with van der Waals surface area (Å²) in [5.74, 6) is 1.12. The molecule has 2 aromatic heterocycles. The normalized spacial score (nSPS) is 11.5. The van der Waals surface area contributed by atoms with Crippen LogP contribution in [0, 0.1) is 0 Å². The van der Waals surface area contributed by atoms with Gasteiger partial charge in [-0.1, -0.05) is 0 Å². The van der Waals surface area contributed by atoms with E-state index in [0.717, 1.165) is 10.3 Å². The average Bonchev–Trinajstić information content (AvgIpc) is 2.99. The van der Waals surface area contributed by atoms with Crippen molar-refractivity contribution >= 4 is 37.5 Å². The second kappa shape index (κ2) is 6.23. The SMILES string of the molecule is COc1cc2ncnc(-c3ccc(NS(N)(=O)=O)s3)c2cc1OC. The lowest BCUT2D eigenvalue weighted by Crippen LogP contribution is -2.20. The maximum absolute atomic E-state index is 11.1. The van der Waals surface area contributed by atoms with Crippen LogP contribution in [0.25, 0.3) is 21.5 Å². The number of hydrogen-bond acceptors (Lipinski definition) is 7. The summed E-state index contributed by atoms with van der Waals surface area (Å²) in [7, 11) is -0.717. The highest BCUT2D eigenvalue weighted by molar-refractivity contribution is 7.90. The molecule has 10 heteroatoms. The molecule has 8 nitrogen and oxygen atoms in total. The Kier molecular flexibility index (Phi) is 4.26. The fourth-order valence-electron chi connectivity index (χ4n) is 2.24. The Labute approximate surface area is 142 Å². The smallest absolute Gasteiger partial charge is 0.297 e. The van der Waals surface area contributed by atoms with Crippen molar-refractivity contribution in [2.45, 2.75) is 0 Å². The van der Waals surface area contributed by atoms with Gasteiger partial charge in [0, 0.05) is 11.5 Å². The van der Waals surface area contributed by atoms with Crippen LogP contribution in [0.4, 0.5) is 5.00 Å². The molecular formula is C14H14N4O4S2. The van der Waals surface area contributed by atoms with Crippen molar-refractivity contribution in [3.63, 3.8) is 0 Å². The lowest BCUT2D eigenvalue weighted by molar-refractivity contribution is 0.356. The summed E-state index contributed by atoms with van der Waals surface area (Å²) in [6.45, 7) is 0. The quantitative estimate of drug-likeness (QED) is 0.713. The number of hydrogen-bond donors (Lipinski definition) is 2. The minimum absolute atomic E-state index is 0.403. The van der Waals surface area contributed by atoms with Crippen LogP contribution in [0.1, 0.15) is 0 Å². The van der Waals surface area contributed by atoms with Crippen molar-refractivity contribution in [1.82, 2.24) is 9.97 Å². The number of methoxy groups -OCH3 is 2. The molecule has 0 radical (unpaired) electrons. The largest absolute Gasteiger partial charge is 0.493 e. The number of fused-ring (bicyclic) bond motifs is 1. The molecule has 3 N–H and O–H groups in total. The summed E-state index contributed by atoms with van der Waals surface area (Å²) in [6.07, 6.45) is 1.44. The third kappa shape index (κ3) is 3.25. The number of benzene rings is 1. The summed E-state index contributed by atoms with van der Waals surface area (Å²) in [5.41, 5.74) is 1.35. The van der Waals surface area contributed by atoms with E-state index in [9.17, 15) is 8.42 Å². The number of nitrogens with one attached hydrogen (secondary N) is 1. The zero-order chi connectivity index (χ0) is 17.3. The Bertz CT molecular complexity index is 1000. The molecule has 0 saturated heterocycles. The zero-order valence-electron chi connectivity index (χ0n) is 12.8. The van der Waals surface area contributed by atoms with E-state index >= 15 is 0 Å². The highest BCUT2D eigenvalue weighted by atomic mass is 32.2. The molecular weight excluding hydrogens is 352 g/mol. The number of thiophene rings is 1. The molecule has 3 aromatic rings. The molecule has 0 atom stereocenters. The van der Waals surface area contributed by atoms with Crippen LogP contribution < -0.4 is 19.3 Å². The van der Waals surface area contributed by atoms with Gasteiger partial charge in [-0.2, -0.15) is 8.42 Å². The van der Waals surface area contributed by atoms with E-state index in [0.29, 0.717) is 27.7 Å². The van der Waals surface area contributed by atoms with Gasteiger partial charge in [-0.25, -0.2) is 15.1 Å². The van der Waals surface area contributed by atoms with Gasteiger partial charge in [0.2, 0.25) is 0 Å². The van der Waals surface area contributed by atoms with Crippen LogP contribution in [0.15, 0.2) is 30.6 Å². The van der Waals surface area contributed by atoms with Crippen molar-refractivity contribution in [2.24, 2.45) is 5.14 Å². The van der Waals surface area contributed by atoms with Crippen molar-refractivity contribution in [3.8, 4) is 22.1 Å². The molecule has 0 aliphatic rings. The van der Waals surface area contributed by atoms with Crippen LogP contribution >= 0.6 is 11.3 Å². The van der Waals surface area contributed by atoms with Crippen molar-refractivity contribution in [1.29, 1.82) is 0 Å². The first kappa shape index (κ1) is 16.4. The Morgan fingerprint density at radius 3 is 2.50 bits per heavy atom. The average molecular weight is 366 g/mol. The molecule has 24 heavy (non-hydrogen) atoms. The summed E-state index contributed by atoms with van der Waals surface area (Å²) in [4.78, 5) is 9.32. The van der Waals surface area contributed by atoms with Crippen LogP contribution in [-0.4, -0.2) is 32.6 Å². The van der Waals surface area contributed by atoms with Gasteiger partial charge in [0.15, 0.2) is 11.5 Å². The molecule has 0 bridgehead atoms. The van der Waals surface area contributed by atoms with Gasteiger partial charge in [0.1, 0.15) is 11.3 Å². The van der Waals surface area contributed by atoms with Gasteiger partial charge < -0.3 is 9.47 Å². The molecule has 0 aliphatic carbocycles. The van der Waals surface area contributed by atoms with Crippen LogP contribution in [0.5, 0.6) is 11.5 Å². The van der Waals surface area contributed by atoms with E-state index in [1.807, 2.05) is 0 Å². The van der Waals surface area contributed by atoms with E-state index < -0.39 is 10.2 Å². The number of aromatic nitrogens is 2. The van der Waals surface area contributed by atoms with Gasteiger partial charge in [-0.05, 0) is 18.2 Å². The van der Waals surface area contributed by atoms with E-state index in [4.69, 9.17) is 14.6 Å². The Hall–Kier alpha value is -2.43. The third-order valence-electron chi connectivity index (χ3n) is 3.22. The summed E-state index contributed by atoms with van der Waals surface area (Å²) in [5, 5.41) is 6.15. The van der Waals surface area contributed by atoms with Gasteiger partial charge in [-0.3, -0.25) is 4.72 Å². The van der Waals surface area contributed by atoms with Crippen LogP contribution in [-0.2, 0) is 10.2 Å². The second-order valence-corrected chi connectivity index (χ2v) is 7.14. The topological polar surface area (TPSA) is 116 Å². The number of ether oxygens (including phenoxy) is 2. The molecule has 126 valence electrons. The maximum Gasteiger partial charge on any atom is 0.297 e. The number of anilines is 1. The fraction of sp³-hybridized carbons (Fsp3) is 0.143. The summed E-state index contributed by atoms with van der Waals surface area (Å²) in [6, 6.07) is 6.93. The Balaban J connectivity index is 2.13. The second-order valence-electron chi connectivity index (χ2n) is 4.76. The number of nitrogens with zero attached hydrogens (tertiary/aromatic N) is 2. The van der Waals surface area contributed by atoms with Crippen molar-refractivity contribution < 1.29 is 17.9 Å². The molecule has 0 saturated carbocycles. The van der Waals surface area contributed by atoms with Gasteiger partial charge in [-0.15, -0.1) is 11.3 Å². The number of nitrogens with two attached hydrogens (primary N) is 1. The van der Waals surface area contributed by atoms with Gasteiger partial charge in [0.05, 0.1) is 30.3 Å². The first-order valence-electron chi connectivity index (χ1n) is 6.69. The van der Waals surface area contributed by atoms with Crippen molar-refractivity contribution in [3.05, 3.63) is 30.6 Å². The molecule has 0 fully saturated rings. The fourth-order valence-corrected chi connectivity index (χ4v) is 3.87. The Morgan fingerprint density at radius 1 is 1.12 bits per heavy atom. The first-order valence-corrected chi connectivity index (χ1v) is 9.05. The van der Waals surface area contributed by atoms with Crippen LogP contribution in [0.2, 0.25) is 0 Å². The van der Waals surface area contributed by atoms with E-state index in [2.05, 4.69) is 14.7 Å². The molecule has 1 aromatic carbocycles. The lowest BCUT2D eigenvalue weighted by atomic mass is 10.1. The zero-order valence-corrected chi connectivity index (χ0v) is 14.4. The standard InChI is InChI=1S/C14H14N4O4S2/c1-21-10-5-8-9(6-11(10)22-2)16-7-17-14(8)12-3-4-13(23-12)18-24(15,19)20/h3-7,18H,1-2H3,(H2,15,19,20). The maximum atomic E-state index is 11.1. The predicted molar refractivity (Wildman–Crippen MR) is 92.7 cm³/mol. The highest BCUT2D eigenvalue weighted by Crippen LogP contribution is 2.38. The predicted octanol–water partition coefficient (Wildman–Crippen LogP) is 1.99. The third-order valence-corrected chi connectivity index (χ3v) is 4.86. The molecule has 0 aliphatic heterocycles. The Morgan fingerprint density at radius 2 is 1.83 bits per heavy atom. The monoisotopic (exact) mass is 366 g/mol. The van der Waals surface area contributed by atoms with Gasteiger partial charge in [0.25, 0.3) is 10.2 Å². The summed E-state index contributed by atoms with van der Waals surface area (Å²) >= 11 is 1.22. The first-order chi connectivity index (χ1) is 11.4. The minimum Gasteiger partial charge on any atom is -0.493 e. The lowest BCUT2D eigenvalue weighted by Gasteiger charge is -2.10. The van der Waals surface area contributed by atoms with E-state index in [1.54, 1.807) is 38.5 Å². The summed E-state index contributed by atoms with van der Waals surface area (Å²) < 4.78 is 35.1. The highest BCUT2D eigenvalue weighted by Gasteiger charge is 2.14. The number of rotatable bonds is 5. The van der Waals surface area contributed by atoms with Crippen LogP contribution in [0.3, 0.4) is 0 Å².